The lowest BCUT2D eigenvalue weighted by molar-refractivity contribution is -0.264. The van der Waals surface area contributed by atoms with E-state index in [1.807, 2.05) is 6.92 Å². The van der Waals surface area contributed by atoms with Crippen molar-refractivity contribution in [1.29, 1.82) is 0 Å². The average Bonchev–Trinajstić information content (AvgIpc) is 2.10. The molecule has 0 spiro atoms. The molecule has 0 amide bonds. The number of rotatable bonds is 5. The predicted molar refractivity (Wildman–Crippen MR) is 52.4 cm³/mol. The Morgan fingerprint density at radius 3 is 2.13 bits per heavy atom. The van der Waals surface area contributed by atoms with Crippen LogP contribution in [0.15, 0.2) is 11.6 Å². The van der Waals surface area contributed by atoms with Crippen LogP contribution in [0.4, 0.5) is 22.0 Å². The molecular weight excluding hydrogens is 235 g/mol. The van der Waals surface area contributed by atoms with Crippen LogP contribution >= 0.6 is 11.8 Å². The van der Waals surface area contributed by atoms with E-state index in [0.717, 1.165) is 25.2 Å². The fraction of sp³-hybridized carbons (Fsp3) is 0.778. The minimum absolute atomic E-state index is 0.186. The van der Waals surface area contributed by atoms with Crippen molar-refractivity contribution in [2.24, 2.45) is 0 Å². The van der Waals surface area contributed by atoms with Crippen molar-refractivity contribution in [3.63, 3.8) is 0 Å². The summed E-state index contributed by atoms with van der Waals surface area (Å²) in [6.07, 6.45) is -3.69. The van der Waals surface area contributed by atoms with Gasteiger partial charge in [-0.3, -0.25) is 0 Å². The molecule has 0 aliphatic rings. The van der Waals surface area contributed by atoms with Gasteiger partial charge in [0.2, 0.25) is 0 Å². The van der Waals surface area contributed by atoms with E-state index in [2.05, 4.69) is 0 Å². The van der Waals surface area contributed by atoms with Crippen LogP contribution in [0, 0.1) is 0 Å². The highest BCUT2D eigenvalue weighted by Crippen LogP contribution is 2.40. The smallest absolute Gasteiger partial charge is 0.191 e. The lowest BCUT2D eigenvalue weighted by Crippen LogP contribution is -2.37. The maximum absolute atomic E-state index is 12.6. The predicted octanol–water partition coefficient (Wildman–Crippen LogP) is 4.27. The third-order valence-corrected chi connectivity index (χ3v) is 2.81. The molecule has 0 unspecified atom stereocenters. The fourth-order valence-corrected chi connectivity index (χ4v) is 1.59. The van der Waals surface area contributed by atoms with Gasteiger partial charge in [0, 0.05) is 11.3 Å². The summed E-state index contributed by atoms with van der Waals surface area (Å²) in [5, 5.41) is 0. The van der Waals surface area contributed by atoms with Crippen molar-refractivity contribution >= 4 is 11.8 Å². The Balaban J connectivity index is 4.35. The van der Waals surface area contributed by atoms with Crippen LogP contribution in [0.1, 0.15) is 20.3 Å². The van der Waals surface area contributed by atoms with Gasteiger partial charge in [0.15, 0.2) is 0 Å². The maximum atomic E-state index is 12.6. The lowest BCUT2D eigenvalue weighted by atomic mass is 10.1. The zero-order chi connectivity index (χ0) is 12.1. The molecule has 0 aromatic rings. The van der Waals surface area contributed by atoms with Crippen LogP contribution in [0.3, 0.4) is 0 Å². The number of alkyl halides is 5. The number of hydrogen-bond donors (Lipinski definition) is 0. The number of hydrogen-bond acceptors (Lipinski definition) is 1. The Morgan fingerprint density at radius 2 is 1.73 bits per heavy atom. The summed E-state index contributed by atoms with van der Waals surface area (Å²) in [4.78, 5) is 0. The second-order valence-corrected chi connectivity index (χ2v) is 4.18. The van der Waals surface area contributed by atoms with E-state index in [0.29, 0.717) is 0 Å². The highest BCUT2D eigenvalue weighted by molar-refractivity contribution is 7.99. The Hall–Kier alpha value is -0.260. The molecule has 0 heterocycles. The van der Waals surface area contributed by atoms with Gasteiger partial charge in [-0.15, -0.1) is 0 Å². The molecule has 0 aliphatic heterocycles. The van der Waals surface area contributed by atoms with Crippen LogP contribution < -0.4 is 0 Å². The van der Waals surface area contributed by atoms with E-state index >= 15 is 0 Å². The Kier molecular flexibility index (Phi) is 5.62. The van der Waals surface area contributed by atoms with Gasteiger partial charge < -0.3 is 0 Å². The second kappa shape index (κ2) is 5.72. The fourth-order valence-electron chi connectivity index (χ4n) is 0.763. The molecule has 0 N–H and O–H groups in total. The molecular formula is C9H13F5S. The number of thioether (sulfide) groups is 1. The molecule has 0 nitrogen and oxygen atoms in total. The lowest BCUT2D eigenvalue weighted by Gasteiger charge is -2.20. The average molecular weight is 248 g/mol. The highest BCUT2D eigenvalue weighted by atomic mass is 32.2. The van der Waals surface area contributed by atoms with Gasteiger partial charge in [-0.05, 0) is 19.1 Å². The van der Waals surface area contributed by atoms with Gasteiger partial charge in [0.05, 0.1) is 0 Å². The Labute approximate surface area is 89.9 Å². The first kappa shape index (κ1) is 14.7. The molecule has 0 aliphatic carbocycles. The Morgan fingerprint density at radius 1 is 1.20 bits per heavy atom. The summed E-state index contributed by atoms with van der Waals surface area (Å²) in [5.74, 6) is -3.77. The van der Waals surface area contributed by atoms with E-state index < -0.39 is 17.7 Å². The van der Waals surface area contributed by atoms with E-state index in [1.54, 1.807) is 0 Å². The maximum Gasteiger partial charge on any atom is 0.457 e. The minimum Gasteiger partial charge on any atom is -0.191 e. The summed E-state index contributed by atoms with van der Waals surface area (Å²) < 4.78 is 60.8. The molecule has 0 saturated heterocycles. The van der Waals surface area contributed by atoms with E-state index in [-0.39, 0.29) is 5.75 Å². The van der Waals surface area contributed by atoms with Crippen LogP contribution in [0.2, 0.25) is 0 Å². The van der Waals surface area contributed by atoms with Crippen molar-refractivity contribution in [3.8, 4) is 0 Å². The van der Waals surface area contributed by atoms with E-state index in [9.17, 15) is 22.0 Å². The molecule has 0 rings (SSSR count). The molecule has 6 heteroatoms. The topological polar surface area (TPSA) is 0 Å². The second-order valence-electron chi connectivity index (χ2n) is 3.03. The molecule has 0 fully saturated rings. The monoisotopic (exact) mass is 248 g/mol. The van der Waals surface area contributed by atoms with Gasteiger partial charge in [-0.1, -0.05) is 13.0 Å². The summed E-state index contributed by atoms with van der Waals surface area (Å²) in [5.41, 5.74) is -0.932. The standard InChI is InChI=1S/C9H13F5S/c1-3-5-15-6-4-7(2)8(10,11)9(12,13)14/h4H,3,5-6H2,1-2H3. The SMILES string of the molecule is CCCSCC=C(C)C(F)(F)C(F)(F)F. The molecule has 90 valence electrons. The quantitative estimate of drug-likeness (QED) is 0.397. The molecule has 0 saturated carbocycles. The van der Waals surface area contributed by atoms with Gasteiger partial charge in [-0.2, -0.15) is 33.7 Å². The van der Waals surface area contributed by atoms with Crippen LogP contribution in [-0.2, 0) is 0 Å². The third-order valence-electron chi connectivity index (χ3n) is 1.71. The Bertz CT molecular complexity index is 219. The van der Waals surface area contributed by atoms with Crippen molar-refractivity contribution in [3.05, 3.63) is 11.6 Å². The summed E-state index contributed by atoms with van der Waals surface area (Å²) in [6.45, 7) is 2.72. The minimum atomic E-state index is -5.50. The molecule has 0 bridgehead atoms. The van der Waals surface area contributed by atoms with Gasteiger partial charge in [-0.25, -0.2) is 0 Å². The van der Waals surface area contributed by atoms with Gasteiger partial charge in [0.25, 0.3) is 0 Å². The van der Waals surface area contributed by atoms with Crippen LogP contribution in [0.5, 0.6) is 0 Å². The van der Waals surface area contributed by atoms with Crippen molar-refractivity contribution in [2.45, 2.75) is 32.4 Å². The van der Waals surface area contributed by atoms with Gasteiger partial charge >= 0.3 is 12.1 Å². The van der Waals surface area contributed by atoms with E-state index in [1.165, 1.54) is 11.8 Å². The molecule has 0 aromatic carbocycles. The first-order valence-electron chi connectivity index (χ1n) is 4.43. The summed E-state index contributed by atoms with van der Waals surface area (Å²) in [6, 6.07) is 0. The molecule has 0 aromatic heterocycles. The first-order chi connectivity index (χ1) is 6.73. The van der Waals surface area contributed by atoms with Crippen molar-refractivity contribution < 1.29 is 22.0 Å². The molecule has 0 radical (unpaired) electrons. The molecule has 15 heavy (non-hydrogen) atoms. The zero-order valence-electron chi connectivity index (χ0n) is 8.50. The largest absolute Gasteiger partial charge is 0.457 e. The van der Waals surface area contributed by atoms with Crippen molar-refractivity contribution in [2.75, 3.05) is 11.5 Å². The third kappa shape index (κ3) is 4.40. The summed E-state index contributed by atoms with van der Waals surface area (Å²) in [7, 11) is 0. The zero-order valence-corrected chi connectivity index (χ0v) is 9.31. The van der Waals surface area contributed by atoms with E-state index in [4.69, 9.17) is 0 Å². The van der Waals surface area contributed by atoms with Crippen LogP contribution in [-0.4, -0.2) is 23.6 Å². The molecule has 0 atom stereocenters. The summed E-state index contributed by atoms with van der Waals surface area (Å²) >= 11 is 1.33. The normalized spacial score (nSPS) is 14.5. The van der Waals surface area contributed by atoms with Crippen LogP contribution in [0.25, 0.3) is 0 Å². The number of halogens is 5. The first-order valence-corrected chi connectivity index (χ1v) is 5.58. The van der Waals surface area contributed by atoms with Crippen molar-refractivity contribution in [1.82, 2.24) is 0 Å². The van der Waals surface area contributed by atoms with Gasteiger partial charge in [0.1, 0.15) is 0 Å². The highest BCUT2D eigenvalue weighted by Gasteiger charge is 2.58. The number of allylic oxidation sites excluding steroid dienone is 1.